The van der Waals surface area contributed by atoms with Crippen LogP contribution in [0.15, 0.2) is 48.7 Å². The zero-order chi connectivity index (χ0) is 25.2. The van der Waals surface area contributed by atoms with Gasteiger partial charge in [-0.3, -0.25) is 4.79 Å². The minimum Gasteiger partial charge on any atom is -0.434 e. The van der Waals surface area contributed by atoms with Crippen LogP contribution in [0.3, 0.4) is 0 Å². The molecular weight excluding hydrogens is 484 g/mol. The monoisotopic (exact) mass is 509 g/mol. The van der Waals surface area contributed by atoms with E-state index in [1.807, 2.05) is 17.8 Å². The van der Waals surface area contributed by atoms with Crippen molar-refractivity contribution in [3.63, 3.8) is 0 Å². The van der Waals surface area contributed by atoms with Gasteiger partial charge in [0.25, 0.3) is 0 Å². The number of imidazole rings is 1. The Balaban J connectivity index is 1.56. The molecule has 2 aromatic heterocycles. The summed E-state index contributed by atoms with van der Waals surface area (Å²) in [6.07, 6.45) is 3.93. The van der Waals surface area contributed by atoms with Crippen LogP contribution in [0.1, 0.15) is 28.8 Å². The maximum absolute atomic E-state index is 14.3. The molecule has 7 nitrogen and oxygen atoms in total. The normalized spacial score (nSPS) is 14.2. The Kier molecular flexibility index (Phi) is 6.77. The van der Waals surface area contributed by atoms with Gasteiger partial charge in [0.2, 0.25) is 17.6 Å². The quantitative estimate of drug-likeness (QED) is 0.345. The van der Waals surface area contributed by atoms with Gasteiger partial charge >= 0.3 is 0 Å². The lowest BCUT2D eigenvalue weighted by Gasteiger charge is -2.22. The van der Waals surface area contributed by atoms with Gasteiger partial charge in [0.05, 0.1) is 17.6 Å². The highest BCUT2D eigenvalue weighted by Crippen LogP contribution is 2.32. The van der Waals surface area contributed by atoms with Crippen molar-refractivity contribution in [1.82, 2.24) is 14.6 Å². The van der Waals surface area contributed by atoms with Crippen LogP contribution in [-0.2, 0) is 0 Å². The Morgan fingerprint density at radius 2 is 2.03 bits per heavy atom. The van der Waals surface area contributed by atoms with Gasteiger partial charge in [-0.1, -0.05) is 12.1 Å². The Hall–Kier alpha value is -3.66. The highest BCUT2D eigenvalue weighted by atomic mass is 32.2. The number of thioether (sulfide) groups is 1. The largest absolute Gasteiger partial charge is 0.434 e. The molecule has 186 valence electrons. The molecule has 10 heteroatoms. The standard InChI is InChI=1S/C26H25F2N5O2S/c1-15-11-17(5-6-18(15)25(29)34)21-14-31-26-20(30-13-16-7-9-36-10-8-16)12-23(32-33(21)26)35-22-4-2-3-19(27)24(22)28/h2-6,11-12,14,16,30H,7-10,13H2,1H3,(H2,29,34). The molecule has 0 bridgehead atoms. The number of nitrogens with zero attached hydrogens (tertiary/aromatic N) is 3. The van der Waals surface area contributed by atoms with E-state index in [9.17, 15) is 13.6 Å². The molecule has 5 rings (SSSR count). The molecule has 1 aliphatic rings. The van der Waals surface area contributed by atoms with Crippen molar-refractivity contribution in [2.45, 2.75) is 19.8 Å². The Labute approximate surface area is 211 Å². The number of fused-ring (bicyclic) bond motifs is 1. The number of aryl methyl sites for hydroxylation is 1. The fraction of sp³-hybridized carbons (Fsp3) is 0.269. The first kappa shape index (κ1) is 24.1. The summed E-state index contributed by atoms with van der Waals surface area (Å²) in [4.78, 5) is 16.2. The SMILES string of the molecule is Cc1cc(-c2cnc3c(NCC4CCSCC4)cc(Oc4cccc(F)c4F)nn23)ccc1C(N)=O. The summed E-state index contributed by atoms with van der Waals surface area (Å²) in [6, 6.07) is 10.7. The molecule has 36 heavy (non-hydrogen) atoms. The van der Waals surface area contributed by atoms with E-state index in [4.69, 9.17) is 10.5 Å². The molecule has 0 atom stereocenters. The summed E-state index contributed by atoms with van der Waals surface area (Å²) in [7, 11) is 0. The van der Waals surface area contributed by atoms with Crippen molar-refractivity contribution in [3.05, 3.63) is 71.4 Å². The molecule has 0 unspecified atom stereocenters. The minimum absolute atomic E-state index is 0.0819. The summed E-state index contributed by atoms with van der Waals surface area (Å²) < 4.78 is 35.4. The Morgan fingerprint density at radius 3 is 2.78 bits per heavy atom. The van der Waals surface area contributed by atoms with Crippen molar-refractivity contribution < 1.29 is 18.3 Å². The molecule has 1 fully saturated rings. The molecule has 0 saturated carbocycles. The van der Waals surface area contributed by atoms with E-state index in [2.05, 4.69) is 15.4 Å². The molecule has 1 amide bonds. The lowest BCUT2D eigenvalue weighted by atomic mass is 10.0. The van der Waals surface area contributed by atoms with E-state index in [1.54, 1.807) is 35.8 Å². The van der Waals surface area contributed by atoms with Gasteiger partial charge in [0.15, 0.2) is 17.2 Å². The van der Waals surface area contributed by atoms with E-state index >= 15 is 0 Å². The van der Waals surface area contributed by atoms with Crippen LogP contribution in [0, 0.1) is 24.5 Å². The molecule has 1 aliphatic heterocycles. The van der Waals surface area contributed by atoms with Crippen LogP contribution >= 0.6 is 11.8 Å². The van der Waals surface area contributed by atoms with E-state index in [1.165, 1.54) is 12.1 Å². The highest BCUT2D eigenvalue weighted by molar-refractivity contribution is 7.99. The number of anilines is 1. The van der Waals surface area contributed by atoms with Crippen molar-refractivity contribution in [2.75, 3.05) is 23.4 Å². The van der Waals surface area contributed by atoms with Crippen LogP contribution in [-0.4, -0.2) is 38.6 Å². The lowest BCUT2D eigenvalue weighted by Crippen LogP contribution is -2.19. The summed E-state index contributed by atoms with van der Waals surface area (Å²) >= 11 is 1.96. The van der Waals surface area contributed by atoms with Gasteiger partial charge in [-0.05, 0) is 67.0 Å². The van der Waals surface area contributed by atoms with Gasteiger partial charge in [-0.2, -0.15) is 16.2 Å². The van der Waals surface area contributed by atoms with Gasteiger partial charge in [-0.25, -0.2) is 13.9 Å². The molecule has 0 aliphatic carbocycles. The van der Waals surface area contributed by atoms with Crippen LogP contribution in [0.5, 0.6) is 11.6 Å². The molecule has 1 saturated heterocycles. The van der Waals surface area contributed by atoms with Crippen LogP contribution in [0.25, 0.3) is 16.9 Å². The zero-order valence-corrected chi connectivity index (χ0v) is 20.4. The Bertz CT molecular complexity index is 1440. The minimum atomic E-state index is -1.09. The van der Waals surface area contributed by atoms with Gasteiger partial charge in [0, 0.05) is 23.7 Å². The lowest BCUT2D eigenvalue weighted by molar-refractivity contribution is 0.0999. The number of carbonyl (C=O) groups excluding carboxylic acids is 1. The summed E-state index contributed by atoms with van der Waals surface area (Å²) in [5.74, 6) is 0.0314. The number of carbonyl (C=O) groups is 1. The Morgan fingerprint density at radius 1 is 1.22 bits per heavy atom. The van der Waals surface area contributed by atoms with Crippen LogP contribution in [0.4, 0.5) is 14.5 Å². The van der Waals surface area contributed by atoms with Crippen LogP contribution < -0.4 is 15.8 Å². The maximum Gasteiger partial charge on any atom is 0.248 e. The second kappa shape index (κ2) is 10.1. The van der Waals surface area contributed by atoms with Crippen molar-refractivity contribution in [2.24, 2.45) is 11.7 Å². The molecule has 4 aromatic rings. The van der Waals surface area contributed by atoms with Crippen molar-refractivity contribution in [3.8, 4) is 22.9 Å². The number of hydrogen-bond donors (Lipinski definition) is 2. The maximum atomic E-state index is 14.3. The number of halogens is 2. The fourth-order valence-electron chi connectivity index (χ4n) is 4.30. The number of nitrogens with one attached hydrogen (secondary N) is 1. The average Bonchev–Trinajstić information content (AvgIpc) is 3.30. The third kappa shape index (κ3) is 4.86. The number of rotatable bonds is 7. The third-order valence-corrected chi connectivity index (χ3v) is 7.33. The van der Waals surface area contributed by atoms with E-state index in [-0.39, 0.29) is 11.6 Å². The van der Waals surface area contributed by atoms with Gasteiger partial charge in [-0.15, -0.1) is 5.10 Å². The summed E-state index contributed by atoms with van der Waals surface area (Å²) in [5, 5.41) is 8.00. The zero-order valence-electron chi connectivity index (χ0n) is 19.6. The number of amides is 1. The first-order valence-corrected chi connectivity index (χ1v) is 12.8. The molecule has 0 spiro atoms. The van der Waals surface area contributed by atoms with E-state index < -0.39 is 17.5 Å². The predicted molar refractivity (Wildman–Crippen MR) is 137 cm³/mol. The number of aromatic nitrogens is 3. The number of nitrogens with two attached hydrogens (primary N) is 1. The smallest absolute Gasteiger partial charge is 0.248 e. The first-order valence-electron chi connectivity index (χ1n) is 11.6. The second-order valence-corrected chi connectivity index (χ2v) is 9.98. The number of benzene rings is 2. The molecule has 0 radical (unpaired) electrons. The van der Waals surface area contributed by atoms with Crippen molar-refractivity contribution >= 4 is 29.0 Å². The average molecular weight is 510 g/mol. The van der Waals surface area contributed by atoms with Gasteiger partial charge in [0.1, 0.15) is 0 Å². The first-order chi connectivity index (χ1) is 17.4. The number of hydrogen-bond acceptors (Lipinski definition) is 6. The van der Waals surface area contributed by atoms with Gasteiger partial charge < -0.3 is 15.8 Å². The molecular formula is C26H25F2N5O2S. The molecule has 3 N–H and O–H groups in total. The van der Waals surface area contributed by atoms with Crippen LogP contribution in [0.2, 0.25) is 0 Å². The molecule has 3 heterocycles. The number of primary amides is 1. The predicted octanol–water partition coefficient (Wildman–Crippen LogP) is 5.43. The highest BCUT2D eigenvalue weighted by Gasteiger charge is 2.19. The second-order valence-electron chi connectivity index (χ2n) is 8.76. The summed E-state index contributed by atoms with van der Waals surface area (Å²) in [5.41, 5.74) is 9.25. The van der Waals surface area contributed by atoms with E-state index in [0.29, 0.717) is 28.5 Å². The molecule has 2 aromatic carbocycles. The summed E-state index contributed by atoms with van der Waals surface area (Å²) in [6.45, 7) is 2.56. The topological polar surface area (TPSA) is 94.5 Å². The number of ether oxygens (including phenoxy) is 1. The van der Waals surface area contributed by atoms with E-state index in [0.717, 1.165) is 48.1 Å². The fourth-order valence-corrected chi connectivity index (χ4v) is 5.51. The van der Waals surface area contributed by atoms with Crippen molar-refractivity contribution in [1.29, 1.82) is 0 Å². The third-order valence-electron chi connectivity index (χ3n) is 6.29.